The Bertz CT molecular complexity index is 995. The van der Waals surface area contributed by atoms with E-state index >= 15 is 0 Å². The van der Waals surface area contributed by atoms with Gasteiger partial charge >= 0.3 is 0 Å². The van der Waals surface area contributed by atoms with Crippen LogP contribution >= 0.6 is 0 Å². The standard InChI is InChI=1S/C20H20FN5O/c21-15-3-1-14(2-4-15)17-10-19(26-18(24-17)7-8-23-26)22-11-13-9-20(27)25(12-13)16-5-6-16/h1-4,7-8,10,13,16,22H,5-6,9,11-12H2/t13-/m0/s1. The molecule has 2 fully saturated rings. The average molecular weight is 365 g/mol. The van der Waals surface area contributed by atoms with Gasteiger partial charge in [0.2, 0.25) is 5.91 Å². The van der Waals surface area contributed by atoms with Gasteiger partial charge in [0.05, 0.1) is 11.9 Å². The summed E-state index contributed by atoms with van der Waals surface area (Å²) < 4.78 is 15.0. The van der Waals surface area contributed by atoms with E-state index in [0.29, 0.717) is 24.9 Å². The number of rotatable bonds is 5. The summed E-state index contributed by atoms with van der Waals surface area (Å²) in [6.45, 7) is 1.53. The molecule has 3 aromatic rings. The number of benzene rings is 1. The maximum atomic E-state index is 13.2. The molecule has 138 valence electrons. The molecule has 1 N–H and O–H groups in total. The first kappa shape index (κ1) is 16.2. The Morgan fingerprint density at radius 3 is 2.78 bits per heavy atom. The minimum Gasteiger partial charge on any atom is -0.370 e. The van der Waals surface area contributed by atoms with Gasteiger partial charge in [0, 0.05) is 49.2 Å². The summed E-state index contributed by atoms with van der Waals surface area (Å²) >= 11 is 0. The van der Waals surface area contributed by atoms with Crippen LogP contribution in [0.4, 0.5) is 10.2 Å². The number of hydrogen-bond acceptors (Lipinski definition) is 4. The molecule has 0 spiro atoms. The number of carbonyl (C=O) groups is 1. The third-order valence-corrected chi connectivity index (χ3v) is 5.30. The molecule has 1 saturated heterocycles. The molecule has 3 heterocycles. The molecule has 2 aromatic heterocycles. The Balaban J connectivity index is 1.38. The molecule has 1 amide bonds. The van der Waals surface area contributed by atoms with E-state index < -0.39 is 0 Å². The van der Waals surface area contributed by atoms with Crippen molar-refractivity contribution in [3.63, 3.8) is 0 Å². The average Bonchev–Trinajstić information content (AvgIpc) is 3.27. The monoisotopic (exact) mass is 365 g/mol. The van der Waals surface area contributed by atoms with Gasteiger partial charge in [-0.1, -0.05) is 0 Å². The number of halogens is 1. The summed E-state index contributed by atoms with van der Waals surface area (Å²) in [6, 6.07) is 10.5. The van der Waals surface area contributed by atoms with Gasteiger partial charge in [-0.3, -0.25) is 4.79 Å². The molecule has 1 saturated carbocycles. The lowest BCUT2D eigenvalue weighted by Crippen LogP contribution is -2.28. The molecule has 0 radical (unpaired) electrons. The molecule has 0 unspecified atom stereocenters. The van der Waals surface area contributed by atoms with Crippen molar-refractivity contribution in [1.29, 1.82) is 0 Å². The van der Waals surface area contributed by atoms with Crippen LogP contribution in [0.25, 0.3) is 16.9 Å². The number of likely N-dealkylation sites (tertiary alicyclic amines) is 1. The number of aromatic nitrogens is 3. The van der Waals surface area contributed by atoms with Gasteiger partial charge in [0.1, 0.15) is 11.6 Å². The summed E-state index contributed by atoms with van der Waals surface area (Å²) in [7, 11) is 0. The van der Waals surface area contributed by atoms with E-state index in [1.165, 1.54) is 12.1 Å². The summed E-state index contributed by atoms with van der Waals surface area (Å²) in [6.07, 6.45) is 4.59. The van der Waals surface area contributed by atoms with Crippen molar-refractivity contribution < 1.29 is 9.18 Å². The van der Waals surface area contributed by atoms with Crippen LogP contribution in [0.3, 0.4) is 0 Å². The van der Waals surface area contributed by atoms with Gasteiger partial charge in [-0.25, -0.2) is 9.37 Å². The lowest BCUT2D eigenvalue weighted by molar-refractivity contribution is -0.128. The molecule has 5 rings (SSSR count). The van der Waals surface area contributed by atoms with Gasteiger partial charge < -0.3 is 10.2 Å². The highest BCUT2D eigenvalue weighted by Crippen LogP contribution is 2.32. The van der Waals surface area contributed by atoms with E-state index in [0.717, 1.165) is 42.1 Å². The number of fused-ring (bicyclic) bond motifs is 1. The van der Waals surface area contributed by atoms with E-state index in [-0.39, 0.29) is 11.7 Å². The van der Waals surface area contributed by atoms with Crippen LogP contribution < -0.4 is 5.32 Å². The van der Waals surface area contributed by atoms with Gasteiger partial charge in [-0.05, 0) is 37.1 Å². The highest BCUT2D eigenvalue weighted by molar-refractivity contribution is 5.79. The molecule has 1 atom stereocenters. The van der Waals surface area contributed by atoms with Crippen LogP contribution in [0.5, 0.6) is 0 Å². The minimum atomic E-state index is -0.270. The maximum absolute atomic E-state index is 13.2. The second-order valence-corrected chi connectivity index (χ2v) is 7.36. The van der Waals surface area contributed by atoms with Crippen molar-refractivity contribution in [3.8, 4) is 11.3 Å². The van der Waals surface area contributed by atoms with E-state index in [4.69, 9.17) is 0 Å². The Hall–Kier alpha value is -2.96. The minimum absolute atomic E-state index is 0.270. The number of nitrogens with one attached hydrogen (secondary N) is 1. The van der Waals surface area contributed by atoms with Gasteiger partial charge in [-0.15, -0.1) is 0 Å². The largest absolute Gasteiger partial charge is 0.370 e. The van der Waals surface area contributed by atoms with Crippen molar-refractivity contribution in [2.24, 2.45) is 5.92 Å². The first-order valence-electron chi connectivity index (χ1n) is 9.31. The van der Waals surface area contributed by atoms with Crippen LogP contribution in [0, 0.1) is 11.7 Å². The molecule has 1 aliphatic carbocycles. The van der Waals surface area contributed by atoms with E-state index in [9.17, 15) is 9.18 Å². The zero-order chi connectivity index (χ0) is 18.4. The Morgan fingerprint density at radius 2 is 2.00 bits per heavy atom. The van der Waals surface area contributed by atoms with E-state index in [1.807, 2.05) is 17.0 Å². The predicted octanol–water partition coefficient (Wildman–Crippen LogP) is 2.96. The first-order chi connectivity index (χ1) is 13.2. The molecule has 27 heavy (non-hydrogen) atoms. The molecule has 1 aromatic carbocycles. The number of nitrogens with zero attached hydrogens (tertiary/aromatic N) is 4. The van der Waals surface area contributed by atoms with E-state index in [1.54, 1.807) is 22.8 Å². The third kappa shape index (κ3) is 3.13. The van der Waals surface area contributed by atoms with Crippen molar-refractivity contribution in [2.75, 3.05) is 18.4 Å². The van der Waals surface area contributed by atoms with Crippen molar-refractivity contribution in [1.82, 2.24) is 19.5 Å². The number of carbonyl (C=O) groups excluding carboxylic acids is 1. The highest BCUT2D eigenvalue weighted by atomic mass is 19.1. The van der Waals surface area contributed by atoms with Crippen LogP contribution in [0.1, 0.15) is 19.3 Å². The fourth-order valence-electron chi connectivity index (χ4n) is 3.74. The smallest absolute Gasteiger partial charge is 0.223 e. The van der Waals surface area contributed by atoms with E-state index in [2.05, 4.69) is 15.4 Å². The maximum Gasteiger partial charge on any atom is 0.223 e. The number of anilines is 1. The number of amides is 1. The summed E-state index contributed by atoms with van der Waals surface area (Å²) in [5.41, 5.74) is 2.33. The second-order valence-electron chi connectivity index (χ2n) is 7.36. The Kier molecular flexibility index (Phi) is 3.81. The van der Waals surface area contributed by atoms with Crippen LogP contribution in [0.2, 0.25) is 0 Å². The molecule has 7 heteroatoms. The third-order valence-electron chi connectivity index (χ3n) is 5.30. The SMILES string of the molecule is O=C1C[C@@H](CNc2cc(-c3ccc(F)cc3)nc3ccnn23)CN1C1CC1. The van der Waals surface area contributed by atoms with Gasteiger partial charge in [0.25, 0.3) is 0 Å². The van der Waals surface area contributed by atoms with Crippen molar-refractivity contribution in [2.45, 2.75) is 25.3 Å². The quantitative estimate of drug-likeness (QED) is 0.755. The highest BCUT2D eigenvalue weighted by Gasteiger charge is 2.39. The molecule has 1 aliphatic heterocycles. The van der Waals surface area contributed by atoms with Crippen LogP contribution in [0.15, 0.2) is 42.6 Å². The Morgan fingerprint density at radius 1 is 1.19 bits per heavy atom. The van der Waals surface area contributed by atoms with Gasteiger partial charge in [-0.2, -0.15) is 9.61 Å². The number of hydrogen-bond donors (Lipinski definition) is 1. The molecular weight excluding hydrogens is 345 g/mol. The predicted molar refractivity (Wildman–Crippen MR) is 99.7 cm³/mol. The van der Waals surface area contributed by atoms with Crippen LogP contribution in [-0.4, -0.2) is 44.5 Å². The first-order valence-corrected chi connectivity index (χ1v) is 9.31. The topological polar surface area (TPSA) is 62.5 Å². The zero-order valence-corrected chi connectivity index (χ0v) is 14.8. The zero-order valence-electron chi connectivity index (χ0n) is 14.8. The molecule has 0 bridgehead atoms. The molecule has 6 nitrogen and oxygen atoms in total. The molecular formula is C20H20FN5O. The van der Waals surface area contributed by atoms with Crippen molar-refractivity contribution >= 4 is 17.4 Å². The second kappa shape index (κ2) is 6.33. The summed E-state index contributed by atoms with van der Waals surface area (Å²) in [5.74, 6) is 1.12. The summed E-state index contributed by atoms with van der Waals surface area (Å²) in [4.78, 5) is 18.8. The van der Waals surface area contributed by atoms with Gasteiger partial charge in [0.15, 0.2) is 5.65 Å². The fraction of sp³-hybridized carbons (Fsp3) is 0.350. The van der Waals surface area contributed by atoms with Crippen molar-refractivity contribution in [3.05, 3.63) is 48.4 Å². The van der Waals surface area contributed by atoms with Crippen LogP contribution in [-0.2, 0) is 4.79 Å². The normalized spacial score (nSPS) is 19.8. The fourth-order valence-corrected chi connectivity index (χ4v) is 3.74. The lowest BCUT2D eigenvalue weighted by Gasteiger charge is -2.16. The lowest BCUT2D eigenvalue weighted by atomic mass is 10.1. The Labute approximate surface area is 156 Å². The molecule has 2 aliphatic rings. The summed E-state index contributed by atoms with van der Waals surface area (Å²) in [5, 5.41) is 7.78.